The fourth-order valence-electron chi connectivity index (χ4n) is 2.66. The molecular formula is C19H20ClN3S2. The molecule has 0 spiro atoms. The fraction of sp³-hybridized carbons (Fsp3) is 0.263. The van der Waals surface area contributed by atoms with Crippen molar-refractivity contribution in [2.24, 2.45) is 0 Å². The number of hydrogen-bond donors (Lipinski definition) is 1. The van der Waals surface area contributed by atoms with Gasteiger partial charge in [0.15, 0.2) is 5.82 Å². The number of aryl methyl sites for hydroxylation is 1. The number of thioether (sulfide) groups is 1. The molecule has 0 aliphatic rings. The third-order valence-electron chi connectivity index (χ3n) is 3.89. The highest BCUT2D eigenvalue weighted by atomic mass is 35.5. The van der Waals surface area contributed by atoms with Gasteiger partial charge in [0.25, 0.3) is 0 Å². The molecule has 0 amide bonds. The summed E-state index contributed by atoms with van der Waals surface area (Å²) in [6.45, 7) is 4.16. The Morgan fingerprint density at radius 1 is 1.12 bits per heavy atom. The Morgan fingerprint density at radius 3 is 2.48 bits per heavy atom. The number of anilines is 2. The summed E-state index contributed by atoms with van der Waals surface area (Å²) in [5.41, 5.74) is 4.49. The first-order valence-corrected chi connectivity index (χ1v) is 10.7. The van der Waals surface area contributed by atoms with Crippen LogP contribution in [-0.2, 0) is 12.2 Å². The second kappa shape index (κ2) is 8.21. The molecule has 130 valence electrons. The van der Waals surface area contributed by atoms with E-state index in [1.807, 2.05) is 30.8 Å². The summed E-state index contributed by atoms with van der Waals surface area (Å²) < 4.78 is 0.745. The van der Waals surface area contributed by atoms with Crippen LogP contribution in [0.3, 0.4) is 0 Å². The average molecular weight is 390 g/mol. The van der Waals surface area contributed by atoms with E-state index in [9.17, 15) is 0 Å². The van der Waals surface area contributed by atoms with E-state index < -0.39 is 0 Å². The molecule has 0 atom stereocenters. The van der Waals surface area contributed by atoms with Crippen LogP contribution in [0.4, 0.5) is 11.5 Å². The third kappa shape index (κ3) is 4.35. The molecule has 0 bridgehead atoms. The maximum absolute atomic E-state index is 6.06. The number of benzene rings is 1. The van der Waals surface area contributed by atoms with Gasteiger partial charge in [-0.15, -0.1) is 11.3 Å². The molecule has 1 N–H and O–H groups in total. The van der Waals surface area contributed by atoms with Crippen LogP contribution < -0.4 is 5.32 Å². The van der Waals surface area contributed by atoms with Crippen molar-refractivity contribution in [1.29, 1.82) is 0 Å². The minimum atomic E-state index is 0.716. The lowest BCUT2D eigenvalue weighted by Gasteiger charge is -2.14. The lowest BCUT2D eigenvalue weighted by atomic mass is 10.1. The zero-order valence-corrected chi connectivity index (χ0v) is 16.9. The predicted octanol–water partition coefficient (Wildman–Crippen LogP) is 6.34. The molecule has 3 aromatic rings. The molecule has 6 heteroatoms. The van der Waals surface area contributed by atoms with Gasteiger partial charge >= 0.3 is 0 Å². The highest BCUT2D eigenvalue weighted by Gasteiger charge is 2.13. The topological polar surface area (TPSA) is 37.8 Å². The first-order chi connectivity index (χ1) is 12.1. The van der Waals surface area contributed by atoms with Gasteiger partial charge in [-0.3, -0.25) is 0 Å². The summed E-state index contributed by atoms with van der Waals surface area (Å²) in [6, 6.07) is 12.4. The van der Waals surface area contributed by atoms with Crippen molar-refractivity contribution in [2.45, 2.75) is 26.0 Å². The molecular weight excluding hydrogens is 370 g/mol. The van der Waals surface area contributed by atoms with Crippen LogP contribution in [0.1, 0.15) is 23.7 Å². The van der Waals surface area contributed by atoms with Crippen molar-refractivity contribution in [2.75, 3.05) is 11.6 Å². The number of nitrogens with one attached hydrogen (secondary N) is 1. The molecule has 0 fully saturated rings. The Labute approximate surface area is 161 Å². The lowest BCUT2D eigenvalue weighted by molar-refractivity contribution is 1.01. The van der Waals surface area contributed by atoms with Gasteiger partial charge in [0.2, 0.25) is 0 Å². The van der Waals surface area contributed by atoms with Crippen LogP contribution in [-0.4, -0.2) is 16.2 Å². The number of aromatic nitrogens is 2. The van der Waals surface area contributed by atoms with Crippen molar-refractivity contribution in [3.63, 3.8) is 0 Å². The van der Waals surface area contributed by atoms with Gasteiger partial charge in [0, 0.05) is 22.7 Å². The second-order valence-corrected chi connectivity index (χ2v) is 8.25. The molecule has 3 rings (SSSR count). The van der Waals surface area contributed by atoms with E-state index in [1.165, 1.54) is 16.9 Å². The third-order valence-corrected chi connectivity index (χ3v) is 5.74. The number of rotatable bonds is 6. The number of hydrogen-bond acceptors (Lipinski definition) is 5. The number of halogens is 1. The van der Waals surface area contributed by atoms with E-state index in [2.05, 4.69) is 47.7 Å². The fourth-order valence-corrected chi connectivity index (χ4v) is 4.16. The average Bonchev–Trinajstić information content (AvgIpc) is 3.03. The maximum atomic E-state index is 6.06. The van der Waals surface area contributed by atoms with Crippen molar-refractivity contribution >= 4 is 46.2 Å². The minimum absolute atomic E-state index is 0.716. The minimum Gasteiger partial charge on any atom is -0.340 e. The van der Waals surface area contributed by atoms with Crippen molar-refractivity contribution in [3.8, 4) is 10.7 Å². The summed E-state index contributed by atoms with van der Waals surface area (Å²) in [5.74, 6) is 2.61. The molecule has 0 aliphatic heterocycles. The van der Waals surface area contributed by atoms with E-state index >= 15 is 0 Å². The largest absolute Gasteiger partial charge is 0.340 e. The standard InChI is InChI=1S/C19H20ClN3S2/c1-4-15-12(2)21-19(16-9-10-17(20)25-16)23-18(15)22-14-7-5-13(6-8-14)11-24-3/h5-10H,4,11H2,1-3H3,(H,21,22,23). The Bertz CT molecular complexity index is 860. The summed E-state index contributed by atoms with van der Waals surface area (Å²) >= 11 is 9.38. The Kier molecular flexibility index (Phi) is 5.99. The number of thiophene rings is 1. The van der Waals surface area contributed by atoms with E-state index in [4.69, 9.17) is 16.6 Å². The molecule has 0 radical (unpaired) electrons. The zero-order valence-electron chi connectivity index (χ0n) is 14.5. The lowest BCUT2D eigenvalue weighted by Crippen LogP contribution is -2.05. The van der Waals surface area contributed by atoms with Crippen molar-refractivity contribution in [1.82, 2.24) is 9.97 Å². The molecule has 3 nitrogen and oxygen atoms in total. The SMILES string of the molecule is CCc1c(C)nc(-c2ccc(Cl)s2)nc1Nc1ccc(CSC)cc1. The van der Waals surface area contributed by atoms with E-state index in [-0.39, 0.29) is 0 Å². The molecule has 0 unspecified atom stereocenters. The van der Waals surface area contributed by atoms with Crippen LogP contribution in [0.2, 0.25) is 4.34 Å². The maximum Gasteiger partial charge on any atom is 0.171 e. The highest BCUT2D eigenvalue weighted by Crippen LogP contribution is 2.31. The van der Waals surface area contributed by atoms with Gasteiger partial charge in [-0.25, -0.2) is 9.97 Å². The second-order valence-electron chi connectivity index (χ2n) is 5.67. The molecule has 0 saturated heterocycles. The van der Waals surface area contributed by atoms with Gasteiger partial charge in [-0.1, -0.05) is 30.7 Å². The van der Waals surface area contributed by atoms with Gasteiger partial charge < -0.3 is 5.32 Å². The van der Waals surface area contributed by atoms with Crippen molar-refractivity contribution < 1.29 is 0 Å². The summed E-state index contributed by atoms with van der Waals surface area (Å²) in [4.78, 5) is 10.4. The van der Waals surface area contributed by atoms with Crippen LogP contribution >= 0.6 is 34.7 Å². The van der Waals surface area contributed by atoms with Crippen LogP contribution in [0.5, 0.6) is 0 Å². The highest BCUT2D eigenvalue weighted by molar-refractivity contribution is 7.97. The molecule has 0 saturated carbocycles. The van der Waals surface area contributed by atoms with E-state index in [0.717, 1.165) is 44.1 Å². The smallest absolute Gasteiger partial charge is 0.171 e. The van der Waals surface area contributed by atoms with Crippen LogP contribution in [0.15, 0.2) is 36.4 Å². The van der Waals surface area contributed by atoms with Gasteiger partial charge in [-0.05, 0) is 49.4 Å². The molecule has 1 aromatic carbocycles. The summed E-state index contributed by atoms with van der Waals surface area (Å²) in [5, 5.41) is 3.46. The molecule has 2 aromatic heterocycles. The van der Waals surface area contributed by atoms with E-state index in [0.29, 0.717) is 5.82 Å². The molecule has 0 aliphatic carbocycles. The Morgan fingerprint density at radius 2 is 1.88 bits per heavy atom. The number of nitrogens with zero attached hydrogens (tertiary/aromatic N) is 2. The monoisotopic (exact) mass is 389 g/mol. The van der Waals surface area contributed by atoms with E-state index in [1.54, 1.807) is 0 Å². The van der Waals surface area contributed by atoms with Gasteiger partial charge in [0.1, 0.15) is 5.82 Å². The van der Waals surface area contributed by atoms with Crippen LogP contribution in [0.25, 0.3) is 10.7 Å². The molecule has 2 heterocycles. The zero-order chi connectivity index (χ0) is 17.8. The summed E-state index contributed by atoms with van der Waals surface area (Å²) in [6.07, 6.45) is 2.99. The first-order valence-electron chi connectivity index (χ1n) is 8.08. The summed E-state index contributed by atoms with van der Waals surface area (Å²) in [7, 11) is 0. The molecule has 25 heavy (non-hydrogen) atoms. The normalized spacial score (nSPS) is 10.9. The predicted molar refractivity (Wildman–Crippen MR) is 111 cm³/mol. The first kappa shape index (κ1) is 18.2. The Balaban J connectivity index is 1.94. The van der Waals surface area contributed by atoms with Gasteiger partial charge in [0.05, 0.1) is 9.21 Å². The van der Waals surface area contributed by atoms with Gasteiger partial charge in [-0.2, -0.15) is 11.8 Å². The van der Waals surface area contributed by atoms with Crippen molar-refractivity contribution in [3.05, 3.63) is 57.6 Å². The van der Waals surface area contributed by atoms with Crippen LogP contribution in [0, 0.1) is 6.92 Å². The Hall–Kier alpha value is -1.56. The quantitative estimate of drug-likeness (QED) is 0.534.